The summed E-state index contributed by atoms with van der Waals surface area (Å²) in [7, 11) is 0. The lowest BCUT2D eigenvalue weighted by Crippen LogP contribution is -2.31. The summed E-state index contributed by atoms with van der Waals surface area (Å²) in [6.07, 6.45) is 0. The first-order valence-electron chi connectivity index (χ1n) is 8.01. The Morgan fingerprint density at radius 3 is 2.36 bits per heavy atom. The van der Waals surface area contributed by atoms with Gasteiger partial charge in [-0.25, -0.2) is 9.29 Å². The minimum Gasteiger partial charge on any atom is -0.268 e. The number of benzene rings is 2. The zero-order valence-corrected chi connectivity index (χ0v) is 17.1. The van der Waals surface area contributed by atoms with Crippen LogP contribution in [0.2, 0.25) is 10.0 Å². The number of imide groups is 1. The van der Waals surface area contributed by atoms with E-state index in [1.165, 1.54) is 35.2 Å². The molecule has 1 aliphatic heterocycles. The topological polar surface area (TPSA) is 37.4 Å². The predicted octanol–water partition coefficient (Wildman–Crippen LogP) is 6.27. The molecule has 3 aromatic rings. The van der Waals surface area contributed by atoms with Gasteiger partial charge in [-0.05, 0) is 53.9 Å². The molecule has 0 radical (unpaired) electrons. The van der Waals surface area contributed by atoms with Crippen LogP contribution < -0.4 is 4.90 Å². The van der Waals surface area contributed by atoms with Gasteiger partial charge in [0.05, 0.1) is 21.2 Å². The van der Waals surface area contributed by atoms with Crippen LogP contribution >= 0.6 is 46.3 Å². The van der Waals surface area contributed by atoms with E-state index in [1.807, 2.05) is 11.4 Å². The van der Waals surface area contributed by atoms with E-state index in [1.54, 1.807) is 30.3 Å². The molecule has 3 nitrogen and oxygen atoms in total. The molecule has 0 bridgehead atoms. The minimum atomic E-state index is -0.619. The summed E-state index contributed by atoms with van der Waals surface area (Å²) in [6, 6.07) is 14.4. The second-order valence-corrected chi connectivity index (χ2v) is 8.66. The number of anilines is 1. The van der Waals surface area contributed by atoms with Crippen molar-refractivity contribution in [3.8, 4) is 0 Å². The maximum atomic E-state index is 13.5. The molecule has 0 atom stereocenters. The average molecular weight is 450 g/mol. The number of thioether (sulfide) groups is 1. The number of carbonyl (C=O) groups is 2. The predicted molar refractivity (Wildman–Crippen MR) is 112 cm³/mol. The lowest BCUT2D eigenvalue weighted by Gasteiger charge is -2.15. The summed E-state index contributed by atoms with van der Waals surface area (Å²) in [5.41, 5.74) is 0.544. The number of carbonyl (C=O) groups excluding carboxylic acids is 2. The smallest absolute Gasteiger partial charge is 0.268 e. The fourth-order valence-electron chi connectivity index (χ4n) is 2.72. The van der Waals surface area contributed by atoms with E-state index in [-0.39, 0.29) is 10.7 Å². The van der Waals surface area contributed by atoms with Crippen LogP contribution in [-0.2, 0) is 9.59 Å². The molecule has 0 spiro atoms. The third-order valence-electron chi connectivity index (χ3n) is 4.00. The monoisotopic (exact) mass is 449 g/mol. The van der Waals surface area contributed by atoms with E-state index in [4.69, 9.17) is 23.2 Å². The fraction of sp³-hybridized carbons (Fsp3) is 0. The van der Waals surface area contributed by atoms with Crippen molar-refractivity contribution < 1.29 is 14.0 Å². The van der Waals surface area contributed by atoms with Gasteiger partial charge in [-0.2, -0.15) is 0 Å². The zero-order valence-electron chi connectivity index (χ0n) is 14.0. The van der Waals surface area contributed by atoms with E-state index in [0.717, 1.165) is 15.9 Å². The highest BCUT2D eigenvalue weighted by Crippen LogP contribution is 2.43. The Kier molecular flexibility index (Phi) is 5.29. The highest BCUT2D eigenvalue weighted by atomic mass is 35.5. The Bertz CT molecular complexity index is 1110. The van der Waals surface area contributed by atoms with Gasteiger partial charge in [0, 0.05) is 14.8 Å². The molecule has 2 amide bonds. The van der Waals surface area contributed by atoms with Crippen molar-refractivity contribution in [1.29, 1.82) is 0 Å². The Hall–Kier alpha value is -2.12. The van der Waals surface area contributed by atoms with Crippen LogP contribution in [0, 0.1) is 5.82 Å². The molecular weight excluding hydrogens is 440 g/mol. The molecule has 1 aromatic heterocycles. The second kappa shape index (κ2) is 7.72. The number of thiophene rings is 1. The third-order valence-corrected chi connectivity index (χ3v) is 6.52. The molecule has 0 saturated carbocycles. The number of hydrogen-bond donors (Lipinski definition) is 0. The first kappa shape index (κ1) is 19.2. The van der Waals surface area contributed by atoms with Crippen LogP contribution in [0.5, 0.6) is 0 Å². The molecule has 8 heteroatoms. The van der Waals surface area contributed by atoms with Gasteiger partial charge in [0.15, 0.2) is 0 Å². The van der Waals surface area contributed by atoms with Gasteiger partial charge < -0.3 is 0 Å². The Morgan fingerprint density at radius 2 is 1.71 bits per heavy atom. The lowest BCUT2D eigenvalue weighted by atomic mass is 10.2. The molecule has 0 unspecified atom stereocenters. The summed E-state index contributed by atoms with van der Waals surface area (Å²) in [4.78, 5) is 29.1. The molecule has 0 saturated heterocycles. The van der Waals surface area contributed by atoms with Gasteiger partial charge in [-0.1, -0.05) is 41.0 Å². The third kappa shape index (κ3) is 3.49. The van der Waals surface area contributed by atoms with Crippen molar-refractivity contribution in [2.45, 2.75) is 4.90 Å². The maximum absolute atomic E-state index is 13.5. The van der Waals surface area contributed by atoms with Gasteiger partial charge >= 0.3 is 0 Å². The lowest BCUT2D eigenvalue weighted by molar-refractivity contribution is -0.119. The molecule has 140 valence electrons. The zero-order chi connectivity index (χ0) is 19.8. The maximum Gasteiger partial charge on any atom is 0.272 e. The van der Waals surface area contributed by atoms with Crippen LogP contribution in [0.25, 0.3) is 5.57 Å². The van der Waals surface area contributed by atoms with E-state index >= 15 is 0 Å². The van der Waals surface area contributed by atoms with Crippen LogP contribution in [0.15, 0.2) is 69.8 Å². The minimum absolute atomic E-state index is 0.158. The number of halogens is 3. The van der Waals surface area contributed by atoms with E-state index in [0.29, 0.717) is 20.4 Å². The van der Waals surface area contributed by atoms with Crippen LogP contribution in [-0.4, -0.2) is 11.8 Å². The summed E-state index contributed by atoms with van der Waals surface area (Å²) in [6.45, 7) is 0. The van der Waals surface area contributed by atoms with Crippen LogP contribution in [0.4, 0.5) is 10.1 Å². The van der Waals surface area contributed by atoms with Crippen molar-refractivity contribution in [3.05, 3.63) is 85.6 Å². The molecule has 0 N–H and O–H groups in total. The molecule has 2 aromatic carbocycles. The number of amides is 2. The number of hydrogen-bond acceptors (Lipinski definition) is 4. The average Bonchev–Trinajstić information content (AvgIpc) is 3.27. The largest absolute Gasteiger partial charge is 0.272 e. The molecule has 4 rings (SSSR count). The Labute approximate surface area is 178 Å². The van der Waals surface area contributed by atoms with Gasteiger partial charge in [-0.15, -0.1) is 11.3 Å². The first-order chi connectivity index (χ1) is 13.5. The highest BCUT2D eigenvalue weighted by molar-refractivity contribution is 8.04. The molecule has 0 fully saturated rings. The van der Waals surface area contributed by atoms with E-state index in [2.05, 4.69) is 0 Å². The van der Waals surface area contributed by atoms with Crippen molar-refractivity contribution in [2.75, 3.05) is 4.90 Å². The summed E-state index contributed by atoms with van der Waals surface area (Å²) in [5, 5.41) is 2.25. The quantitative estimate of drug-likeness (QED) is 0.440. The normalized spacial score (nSPS) is 14.3. The van der Waals surface area contributed by atoms with Crippen LogP contribution in [0.3, 0.4) is 0 Å². The van der Waals surface area contributed by atoms with Gasteiger partial charge in [-0.3, -0.25) is 9.59 Å². The van der Waals surface area contributed by atoms with Gasteiger partial charge in [0.1, 0.15) is 5.82 Å². The van der Waals surface area contributed by atoms with Gasteiger partial charge in [0.25, 0.3) is 11.8 Å². The number of nitrogens with zero attached hydrogens (tertiary/aromatic N) is 1. The van der Waals surface area contributed by atoms with Gasteiger partial charge in [0.2, 0.25) is 0 Å². The Morgan fingerprint density at radius 1 is 0.964 bits per heavy atom. The van der Waals surface area contributed by atoms with Crippen molar-refractivity contribution in [3.63, 3.8) is 0 Å². The molecular formula is C20H10Cl2FNO2S2. The Balaban J connectivity index is 1.79. The SMILES string of the molecule is O=C1C(Sc2ccc(Cl)cc2)=C(c2cccs2)C(=O)N1c1ccc(F)c(Cl)c1. The van der Waals surface area contributed by atoms with E-state index < -0.39 is 17.6 Å². The van der Waals surface area contributed by atoms with Crippen molar-refractivity contribution in [2.24, 2.45) is 0 Å². The van der Waals surface area contributed by atoms with Crippen LogP contribution in [0.1, 0.15) is 4.88 Å². The molecule has 28 heavy (non-hydrogen) atoms. The molecule has 1 aliphatic rings. The highest BCUT2D eigenvalue weighted by Gasteiger charge is 2.41. The first-order valence-corrected chi connectivity index (χ1v) is 10.5. The summed E-state index contributed by atoms with van der Waals surface area (Å²) < 4.78 is 13.5. The van der Waals surface area contributed by atoms with E-state index in [9.17, 15) is 14.0 Å². The van der Waals surface area contributed by atoms with Crippen molar-refractivity contribution >= 4 is 69.4 Å². The molecule has 0 aliphatic carbocycles. The number of rotatable bonds is 4. The summed E-state index contributed by atoms with van der Waals surface area (Å²) in [5.74, 6) is -1.56. The van der Waals surface area contributed by atoms with Crippen molar-refractivity contribution in [1.82, 2.24) is 0 Å². The second-order valence-electron chi connectivity index (χ2n) is 5.78. The fourth-order valence-corrected chi connectivity index (χ4v) is 4.84. The molecule has 2 heterocycles. The summed E-state index contributed by atoms with van der Waals surface area (Å²) >= 11 is 14.3. The standard InChI is InChI=1S/C20H10Cl2FNO2S2/c21-11-3-6-13(7-4-11)28-18-17(16-2-1-9-27-16)19(25)24(20(18)26)12-5-8-15(23)14(22)10-12/h1-10H.